The summed E-state index contributed by atoms with van der Waals surface area (Å²) in [4.78, 5) is 11.0. The van der Waals surface area contributed by atoms with Crippen molar-refractivity contribution in [2.24, 2.45) is 10.2 Å². The third-order valence-electron chi connectivity index (χ3n) is 4.39. The lowest BCUT2D eigenvalue weighted by Crippen LogP contribution is -2.48. The minimum atomic E-state index is -1.72. The van der Waals surface area contributed by atoms with Crippen LogP contribution in [0.25, 0.3) is 0 Å². The van der Waals surface area contributed by atoms with Crippen LogP contribution in [0.4, 0.5) is 17.1 Å². The highest BCUT2D eigenvalue weighted by atomic mass is 16.5. The van der Waals surface area contributed by atoms with Gasteiger partial charge in [-0.3, -0.25) is 0 Å². The molecule has 2 rings (SSSR count). The number of nitrogens with zero attached hydrogens (tertiary/aromatic N) is 2. The zero-order valence-corrected chi connectivity index (χ0v) is 16.7. The van der Waals surface area contributed by atoms with Gasteiger partial charge >= 0.3 is 5.97 Å². The Morgan fingerprint density at radius 1 is 1.00 bits per heavy atom. The monoisotopic (exact) mass is 435 g/mol. The van der Waals surface area contributed by atoms with Gasteiger partial charge in [0.1, 0.15) is 24.1 Å². The molecule has 168 valence electrons. The number of hydrogen-bond donors (Lipinski definition) is 7. The molecule has 0 aromatic heterocycles. The number of benzene rings is 2. The lowest BCUT2D eigenvalue weighted by Gasteiger charge is -2.26. The van der Waals surface area contributed by atoms with Gasteiger partial charge in [0.2, 0.25) is 0 Å². The van der Waals surface area contributed by atoms with Crippen molar-refractivity contribution < 1.29 is 40.2 Å². The summed E-state index contributed by atoms with van der Waals surface area (Å²) in [5, 5.41) is 67.6. The molecule has 4 atom stereocenters. The zero-order valence-electron chi connectivity index (χ0n) is 16.7. The molecule has 0 fully saturated rings. The highest BCUT2D eigenvalue weighted by Gasteiger charge is 2.29. The minimum Gasteiger partial charge on any atom is -0.495 e. The average Bonchev–Trinajstić information content (AvgIpc) is 2.79. The molecule has 2 aromatic carbocycles. The van der Waals surface area contributed by atoms with Crippen molar-refractivity contribution in [1.82, 2.24) is 0 Å². The number of hydrogen-bond acceptors (Lipinski definition) is 10. The van der Waals surface area contributed by atoms with E-state index in [2.05, 4.69) is 15.5 Å². The van der Waals surface area contributed by atoms with Crippen LogP contribution < -0.4 is 10.1 Å². The van der Waals surface area contributed by atoms with Crippen LogP contribution in [0.5, 0.6) is 5.75 Å². The molecule has 0 spiro atoms. The topological polar surface area (TPSA) is 184 Å². The third-order valence-corrected chi connectivity index (χ3v) is 4.39. The van der Waals surface area contributed by atoms with E-state index in [9.17, 15) is 25.2 Å². The Hall–Kier alpha value is -3.09. The van der Waals surface area contributed by atoms with Crippen LogP contribution >= 0.6 is 0 Å². The Morgan fingerprint density at radius 3 is 2.26 bits per heavy atom. The molecule has 0 aliphatic carbocycles. The van der Waals surface area contributed by atoms with Crippen molar-refractivity contribution in [3.05, 3.63) is 48.0 Å². The van der Waals surface area contributed by atoms with Crippen molar-refractivity contribution in [2.45, 2.75) is 24.4 Å². The number of aliphatic hydroxyl groups excluding tert-OH is 5. The first-order chi connectivity index (χ1) is 14.8. The van der Waals surface area contributed by atoms with Crippen LogP contribution in [0.3, 0.4) is 0 Å². The molecule has 0 aliphatic heterocycles. The Balaban J connectivity index is 2.06. The number of rotatable bonds is 11. The first-order valence-corrected chi connectivity index (χ1v) is 9.27. The first kappa shape index (κ1) is 24.2. The number of carboxylic acids is 1. The number of azo groups is 1. The predicted octanol–water partition coefficient (Wildman–Crippen LogP) is 0.657. The quantitative estimate of drug-likeness (QED) is 0.249. The van der Waals surface area contributed by atoms with Gasteiger partial charge in [-0.1, -0.05) is 6.07 Å². The fraction of sp³-hybridized carbons (Fsp3) is 0.350. The first-order valence-electron chi connectivity index (χ1n) is 9.27. The standard InChI is InChI=1S/C20H25N3O8/c1-31-17-8-13(23-22-12-4-2-3-11(7-12)20(29)30)5-6-14(17)21-9-15(25)18(27)19(28)16(26)10-24/h2-8,15-16,18-19,21,24-28H,9-10H2,1H3,(H,29,30). The van der Waals surface area contributed by atoms with Gasteiger partial charge in [0.05, 0.1) is 42.4 Å². The smallest absolute Gasteiger partial charge is 0.335 e. The van der Waals surface area contributed by atoms with E-state index in [0.717, 1.165) is 0 Å². The van der Waals surface area contributed by atoms with Crippen LogP contribution in [0.15, 0.2) is 52.7 Å². The van der Waals surface area contributed by atoms with E-state index in [1.165, 1.54) is 19.2 Å². The number of aliphatic hydroxyl groups is 5. The van der Waals surface area contributed by atoms with Crippen molar-refractivity contribution in [3.8, 4) is 5.75 Å². The molecule has 0 radical (unpaired) electrons. The number of methoxy groups -OCH3 is 1. The fourth-order valence-corrected chi connectivity index (χ4v) is 2.60. The molecule has 0 heterocycles. The maximum atomic E-state index is 11.0. The van der Waals surface area contributed by atoms with E-state index in [1.54, 1.807) is 30.3 Å². The summed E-state index contributed by atoms with van der Waals surface area (Å²) < 4.78 is 5.28. The summed E-state index contributed by atoms with van der Waals surface area (Å²) >= 11 is 0. The Kier molecular flexibility index (Phi) is 8.85. The minimum absolute atomic E-state index is 0.0888. The van der Waals surface area contributed by atoms with Crippen LogP contribution in [0.1, 0.15) is 10.4 Å². The van der Waals surface area contributed by atoms with E-state index in [-0.39, 0.29) is 12.1 Å². The SMILES string of the molecule is COc1cc(N=Nc2cccc(C(=O)O)c2)ccc1NCC(O)C(O)C(O)C(O)CO. The molecule has 0 amide bonds. The number of aromatic carboxylic acids is 1. The van der Waals surface area contributed by atoms with E-state index in [0.29, 0.717) is 22.8 Å². The van der Waals surface area contributed by atoms with Gasteiger partial charge in [0.15, 0.2) is 0 Å². The predicted molar refractivity (Wildman–Crippen MR) is 110 cm³/mol. The van der Waals surface area contributed by atoms with Gasteiger partial charge in [0, 0.05) is 12.6 Å². The number of ether oxygens (including phenoxy) is 1. The zero-order chi connectivity index (χ0) is 23.0. The summed E-state index contributed by atoms with van der Waals surface area (Å²) in [5.41, 5.74) is 1.33. The largest absolute Gasteiger partial charge is 0.495 e. The summed E-state index contributed by atoms with van der Waals surface area (Å²) in [6, 6.07) is 10.7. The second-order valence-electron chi connectivity index (χ2n) is 6.62. The summed E-state index contributed by atoms with van der Waals surface area (Å²) in [7, 11) is 1.42. The highest BCUT2D eigenvalue weighted by Crippen LogP contribution is 2.30. The molecule has 7 N–H and O–H groups in total. The van der Waals surface area contributed by atoms with Crippen LogP contribution in [-0.2, 0) is 0 Å². The second-order valence-corrected chi connectivity index (χ2v) is 6.62. The summed E-state index contributed by atoms with van der Waals surface area (Å²) in [6.45, 7) is -0.946. The van der Waals surface area contributed by atoms with Crippen LogP contribution in [-0.4, -0.2) is 81.3 Å². The van der Waals surface area contributed by atoms with Crippen molar-refractivity contribution >= 4 is 23.0 Å². The highest BCUT2D eigenvalue weighted by molar-refractivity contribution is 5.88. The average molecular weight is 435 g/mol. The third kappa shape index (κ3) is 6.70. The van der Waals surface area contributed by atoms with Gasteiger partial charge in [-0.05, 0) is 30.3 Å². The molecule has 0 bridgehead atoms. The van der Waals surface area contributed by atoms with Crippen molar-refractivity contribution in [2.75, 3.05) is 25.6 Å². The van der Waals surface area contributed by atoms with Crippen molar-refractivity contribution in [3.63, 3.8) is 0 Å². The Labute approximate surface area is 177 Å². The number of anilines is 1. The molecule has 31 heavy (non-hydrogen) atoms. The molecule has 11 heteroatoms. The van der Waals surface area contributed by atoms with E-state index < -0.39 is 37.0 Å². The lowest BCUT2D eigenvalue weighted by molar-refractivity contribution is -0.111. The molecule has 2 aromatic rings. The number of nitrogens with one attached hydrogen (secondary N) is 1. The Morgan fingerprint density at radius 2 is 1.65 bits per heavy atom. The maximum Gasteiger partial charge on any atom is 0.335 e. The van der Waals surface area contributed by atoms with Crippen LogP contribution in [0.2, 0.25) is 0 Å². The van der Waals surface area contributed by atoms with E-state index in [1.807, 2.05) is 0 Å². The fourth-order valence-electron chi connectivity index (χ4n) is 2.60. The maximum absolute atomic E-state index is 11.0. The molecule has 0 saturated carbocycles. The molecule has 0 aliphatic rings. The van der Waals surface area contributed by atoms with E-state index in [4.69, 9.17) is 14.9 Å². The summed E-state index contributed by atoms with van der Waals surface area (Å²) in [6.07, 6.45) is -6.43. The van der Waals surface area contributed by atoms with Gasteiger partial charge in [0.25, 0.3) is 0 Å². The number of carbonyl (C=O) groups is 1. The number of carboxylic acid groups (broad SMARTS) is 1. The second kappa shape index (κ2) is 11.3. The molecule has 0 saturated heterocycles. The van der Waals surface area contributed by atoms with Gasteiger partial charge < -0.3 is 40.7 Å². The Bertz CT molecular complexity index is 908. The van der Waals surface area contributed by atoms with Gasteiger partial charge in [-0.2, -0.15) is 10.2 Å². The van der Waals surface area contributed by atoms with Crippen LogP contribution in [0, 0.1) is 0 Å². The van der Waals surface area contributed by atoms with Gasteiger partial charge in [-0.25, -0.2) is 4.79 Å². The molecular formula is C20H25N3O8. The molecule has 4 unspecified atom stereocenters. The van der Waals surface area contributed by atoms with Gasteiger partial charge in [-0.15, -0.1) is 0 Å². The summed E-state index contributed by atoms with van der Waals surface area (Å²) in [5.74, 6) is -0.715. The molecular weight excluding hydrogens is 410 g/mol. The van der Waals surface area contributed by atoms with E-state index >= 15 is 0 Å². The lowest BCUT2D eigenvalue weighted by atomic mass is 10.0. The normalized spacial score (nSPS) is 15.3. The molecule has 11 nitrogen and oxygen atoms in total. The van der Waals surface area contributed by atoms with Crippen molar-refractivity contribution in [1.29, 1.82) is 0 Å².